The van der Waals surface area contributed by atoms with Gasteiger partial charge in [0, 0.05) is 57.4 Å². The molecule has 3 heterocycles. The van der Waals surface area contributed by atoms with Crippen molar-refractivity contribution in [3.63, 3.8) is 0 Å². The van der Waals surface area contributed by atoms with E-state index in [4.69, 9.17) is 4.74 Å². The molecule has 2 fully saturated rings. The Kier molecular flexibility index (Phi) is 5.87. The van der Waals surface area contributed by atoms with Crippen LogP contribution in [0.4, 0.5) is 4.79 Å². The van der Waals surface area contributed by atoms with E-state index in [1.165, 1.54) is 23.5 Å². The molecule has 1 spiro atoms. The summed E-state index contributed by atoms with van der Waals surface area (Å²) in [6.07, 6.45) is 7.16. The Labute approximate surface area is 159 Å². The largest absolute Gasteiger partial charge is 0.441 e. The van der Waals surface area contributed by atoms with Gasteiger partial charge in [0.05, 0.1) is 6.54 Å². The van der Waals surface area contributed by atoms with Gasteiger partial charge in [0.1, 0.15) is 5.60 Å². The van der Waals surface area contributed by atoms with Gasteiger partial charge < -0.3 is 19.1 Å². The SMILES string of the molecule is CCCCCCN1CC2(CCN(C(=O)c3ccn(C)c(=O)c3)CC2)OC1=O. The average molecular weight is 375 g/mol. The van der Waals surface area contributed by atoms with E-state index < -0.39 is 5.60 Å². The minimum Gasteiger partial charge on any atom is -0.441 e. The molecule has 2 saturated heterocycles. The van der Waals surface area contributed by atoms with Gasteiger partial charge in [-0.15, -0.1) is 0 Å². The van der Waals surface area contributed by atoms with Crippen molar-refractivity contribution in [2.45, 2.75) is 51.0 Å². The lowest BCUT2D eigenvalue weighted by atomic mass is 9.91. The first-order chi connectivity index (χ1) is 12.9. The lowest BCUT2D eigenvalue weighted by molar-refractivity contribution is 0.00312. The number of pyridine rings is 1. The Bertz CT molecular complexity index is 750. The van der Waals surface area contributed by atoms with E-state index in [1.54, 1.807) is 24.2 Å². The summed E-state index contributed by atoms with van der Waals surface area (Å²) in [6, 6.07) is 3.04. The number of amides is 2. The third-order valence-electron chi connectivity index (χ3n) is 5.64. The van der Waals surface area contributed by atoms with Crippen molar-refractivity contribution >= 4 is 12.0 Å². The molecule has 0 aromatic carbocycles. The number of rotatable bonds is 6. The molecule has 1 aromatic rings. The molecule has 0 N–H and O–H groups in total. The van der Waals surface area contributed by atoms with Crippen LogP contribution >= 0.6 is 0 Å². The van der Waals surface area contributed by atoms with Crippen LogP contribution in [-0.2, 0) is 11.8 Å². The van der Waals surface area contributed by atoms with E-state index in [0.29, 0.717) is 38.0 Å². The number of hydrogen-bond acceptors (Lipinski definition) is 4. The fourth-order valence-corrected chi connectivity index (χ4v) is 3.84. The van der Waals surface area contributed by atoms with Crippen molar-refractivity contribution in [3.05, 3.63) is 34.2 Å². The van der Waals surface area contributed by atoms with Crippen LogP contribution in [0.25, 0.3) is 0 Å². The van der Waals surface area contributed by atoms with E-state index in [1.807, 2.05) is 4.90 Å². The number of carbonyl (C=O) groups excluding carboxylic acids is 2. The second-order valence-corrected chi connectivity index (χ2v) is 7.69. The summed E-state index contributed by atoms with van der Waals surface area (Å²) in [5.74, 6) is -0.136. The lowest BCUT2D eigenvalue weighted by Gasteiger charge is -2.37. The average Bonchev–Trinajstić information content (AvgIpc) is 2.96. The van der Waals surface area contributed by atoms with Gasteiger partial charge in [-0.05, 0) is 12.5 Å². The zero-order valence-electron chi connectivity index (χ0n) is 16.3. The topological polar surface area (TPSA) is 71.8 Å². The summed E-state index contributed by atoms with van der Waals surface area (Å²) in [6.45, 7) is 4.60. The monoisotopic (exact) mass is 375 g/mol. The smallest absolute Gasteiger partial charge is 0.410 e. The summed E-state index contributed by atoms with van der Waals surface area (Å²) in [5, 5.41) is 0. The maximum absolute atomic E-state index is 12.7. The van der Waals surface area contributed by atoms with Gasteiger partial charge in [0.2, 0.25) is 0 Å². The number of unbranched alkanes of at least 4 members (excludes halogenated alkanes) is 3. The molecule has 1 aromatic heterocycles. The van der Waals surface area contributed by atoms with Crippen molar-refractivity contribution in [2.24, 2.45) is 7.05 Å². The van der Waals surface area contributed by atoms with Crippen molar-refractivity contribution in [2.75, 3.05) is 26.2 Å². The highest BCUT2D eigenvalue weighted by atomic mass is 16.6. The number of piperidine rings is 1. The highest BCUT2D eigenvalue weighted by Gasteiger charge is 2.47. The molecule has 2 amide bonds. The van der Waals surface area contributed by atoms with Gasteiger partial charge in [-0.25, -0.2) is 4.79 Å². The molecule has 0 unspecified atom stereocenters. The second kappa shape index (κ2) is 8.15. The molecule has 2 aliphatic rings. The molecule has 7 nitrogen and oxygen atoms in total. The number of carbonyl (C=O) groups is 2. The summed E-state index contributed by atoms with van der Waals surface area (Å²) in [5.41, 5.74) is -0.251. The minimum absolute atomic E-state index is 0.136. The number of nitrogens with zero attached hydrogens (tertiary/aromatic N) is 3. The van der Waals surface area contributed by atoms with Gasteiger partial charge in [-0.1, -0.05) is 26.2 Å². The molecule has 7 heteroatoms. The van der Waals surface area contributed by atoms with Crippen LogP contribution in [0, 0.1) is 0 Å². The summed E-state index contributed by atoms with van der Waals surface area (Å²) >= 11 is 0. The van der Waals surface area contributed by atoms with E-state index in [0.717, 1.165) is 19.4 Å². The van der Waals surface area contributed by atoms with Crippen LogP contribution in [0.2, 0.25) is 0 Å². The second-order valence-electron chi connectivity index (χ2n) is 7.69. The summed E-state index contributed by atoms with van der Waals surface area (Å²) < 4.78 is 7.16. The quantitative estimate of drug-likeness (QED) is 0.716. The molecule has 148 valence electrons. The number of ether oxygens (including phenoxy) is 1. The Morgan fingerprint density at radius 2 is 1.93 bits per heavy atom. The van der Waals surface area contributed by atoms with Gasteiger partial charge >= 0.3 is 6.09 Å². The van der Waals surface area contributed by atoms with E-state index in [9.17, 15) is 14.4 Å². The third kappa shape index (κ3) is 4.34. The minimum atomic E-state index is -0.467. The first-order valence-corrected chi connectivity index (χ1v) is 9.88. The van der Waals surface area contributed by atoms with Gasteiger partial charge in [-0.2, -0.15) is 0 Å². The molecule has 0 aliphatic carbocycles. The van der Waals surface area contributed by atoms with E-state index >= 15 is 0 Å². The maximum atomic E-state index is 12.7. The Morgan fingerprint density at radius 3 is 2.59 bits per heavy atom. The van der Waals surface area contributed by atoms with Gasteiger partial charge in [-0.3, -0.25) is 9.59 Å². The number of likely N-dealkylation sites (tertiary alicyclic amines) is 1. The standard InChI is InChI=1S/C20H29N3O4/c1-3-4-5-6-10-23-15-20(27-19(23)26)8-12-22(13-9-20)18(25)16-7-11-21(2)17(24)14-16/h7,11,14H,3-6,8-10,12-13,15H2,1-2H3. The van der Waals surface area contributed by atoms with Crippen LogP contribution in [0.3, 0.4) is 0 Å². The van der Waals surface area contributed by atoms with Crippen molar-refractivity contribution < 1.29 is 14.3 Å². The van der Waals surface area contributed by atoms with Crippen molar-refractivity contribution in [1.82, 2.24) is 14.4 Å². The molecular weight excluding hydrogens is 346 g/mol. The molecule has 2 aliphatic heterocycles. The fraction of sp³-hybridized carbons (Fsp3) is 0.650. The van der Waals surface area contributed by atoms with E-state index in [2.05, 4.69) is 6.92 Å². The highest BCUT2D eigenvalue weighted by molar-refractivity contribution is 5.94. The molecule has 0 radical (unpaired) electrons. The molecular formula is C20H29N3O4. The Balaban J connectivity index is 1.55. The van der Waals surface area contributed by atoms with Crippen LogP contribution in [0.1, 0.15) is 55.8 Å². The number of aryl methyl sites for hydroxylation is 1. The highest BCUT2D eigenvalue weighted by Crippen LogP contribution is 2.33. The first kappa shape index (κ1) is 19.5. The molecule has 0 saturated carbocycles. The Morgan fingerprint density at radius 1 is 1.19 bits per heavy atom. The third-order valence-corrected chi connectivity index (χ3v) is 5.64. The van der Waals surface area contributed by atoms with Gasteiger partial charge in [0.25, 0.3) is 11.5 Å². The zero-order chi connectivity index (χ0) is 19.4. The molecule has 0 atom stereocenters. The predicted molar refractivity (Wildman–Crippen MR) is 102 cm³/mol. The lowest BCUT2D eigenvalue weighted by Crippen LogP contribution is -2.48. The first-order valence-electron chi connectivity index (χ1n) is 9.88. The van der Waals surface area contributed by atoms with Crippen LogP contribution < -0.4 is 5.56 Å². The van der Waals surface area contributed by atoms with Crippen LogP contribution in [0.15, 0.2) is 23.1 Å². The number of hydrogen-bond donors (Lipinski definition) is 0. The van der Waals surface area contributed by atoms with Crippen molar-refractivity contribution in [3.8, 4) is 0 Å². The molecule has 3 rings (SSSR count). The Hall–Kier alpha value is -2.31. The number of aromatic nitrogens is 1. The van der Waals surface area contributed by atoms with Crippen LogP contribution in [0.5, 0.6) is 0 Å². The van der Waals surface area contributed by atoms with Crippen molar-refractivity contribution in [1.29, 1.82) is 0 Å². The zero-order valence-corrected chi connectivity index (χ0v) is 16.3. The summed E-state index contributed by atoms with van der Waals surface area (Å²) in [4.78, 5) is 40.2. The maximum Gasteiger partial charge on any atom is 0.410 e. The molecule has 27 heavy (non-hydrogen) atoms. The van der Waals surface area contributed by atoms with Crippen LogP contribution in [-0.4, -0.2) is 58.1 Å². The normalized spacial score (nSPS) is 18.8. The van der Waals surface area contributed by atoms with E-state index in [-0.39, 0.29) is 17.6 Å². The summed E-state index contributed by atoms with van der Waals surface area (Å²) in [7, 11) is 1.66. The molecule has 0 bridgehead atoms. The fourth-order valence-electron chi connectivity index (χ4n) is 3.84. The van der Waals surface area contributed by atoms with Gasteiger partial charge in [0.15, 0.2) is 0 Å². The predicted octanol–water partition coefficient (Wildman–Crippen LogP) is 2.39.